The van der Waals surface area contributed by atoms with Gasteiger partial charge in [-0.1, -0.05) is 0 Å². The minimum Gasteiger partial charge on any atom is -2.00 e. The van der Waals surface area contributed by atoms with Crippen molar-refractivity contribution in [1.82, 2.24) is 0 Å². The van der Waals surface area contributed by atoms with Crippen LogP contribution in [0.25, 0.3) is 0 Å². The molecule has 0 aromatic rings. The average Bonchev–Trinajstić information content (AvgIpc) is 0. The summed E-state index contributed by atoms with van der Waals surface area (Å²) in [6, 6.07) is 0. The predicted octanol–water partition coefficient (Wildman–Crippen LogP) is -2.03. The van der Waals surface area contributed by atoms with E-state index < -0.39 is 0 Å². The van der Waals surface area contributed by atoms with E-state index in [1.165, 1.54) is 0 Å². The molecule has 26 valence electrons. The number of rotatable bonds is 0. The van der Waals surface area contributed by atoms with Crippen LogP contribution in [0.4, 0.5) is 0 Å². The Kier molecular flexibility index (Phi) is 616. The molecule has 0 aromatic carbocycles. The Morgan fingerprint density at radius 1 is 0.750 bits per heavy atom. The van der Waals surface area contributed by atoms with Gasteiger partial charge < -0.3 is 24.4 Å². The van der Waals surface area contributed by atoms with E-state index in [2.05, 4.69) is 0 Å². The van der Waals surface area contributed by atoms with E-state index in [1.54, 1.807) is 0 Å². The summed E-state index contributed by atoms with van der Waals surface area (Å²) in [6.45, 7) is 0. The first-order chi connectivity index (χ1) is 0. The molecule has 2 radical (unpaired) electrons. The molecular weight excluding hydrogens is 183 g/mol. The fraction of sp³-hybridized carbons (Fsp3) is 0. The molecule has 2 nitrogen and oxygen atoms in total. The van der Waals surface area contributed by atoms with Gasteiger partial charge in [0.1, 0.15) is 0 Å². The van der Waals surface area contributed by atoms with Crippen LogP contribution in [0.3, 0.4) is 0 Å². The molecule has 0 aliphatic rings. The summed E-state index contributed by atoms with van der Waals surface area (Å²) in [4.78, 5) is 0. The van der Waals surface area contributed by atoms with Crippen LogP contribution in [0.15, 0.2) is 0 Å². The predicted molar refractivity (Wildman–Crippen MR) is 20.3 cm³/mol. The van der Waals surface area contributed by atoms with Crippen molar-refractivity contribution in [3.8, 4) is 0 Å². The van der Waals surface area contributed by atoms with Gasteiger partial charge in [0.05, 0.1) is 0 Å². The van der Waals surface area contributed by atoms with Crippen molar-refractivity contribution in [2.45, 2.75) is 0 Å². The second-order valence-corrected chi connectivity index (χ2v) is 0. The van der Waals surface area contributed by atoms with Gasteiger partial charge in [-0.25, -0.2) is 0 Å². The van der Waals surface area contributed by atoms with Crippen LogP contribution in [-0.4, -0.2) is 34.9 Å². The van der Waals surface area contributed by atoms with Gasteiger partial charge in [-0.2, -0.15) is 0 Å². The van der Waals surface area contributed by atoms with Crippen molar-refractivity contribution in [3.63, 3.8) is 0 Å². The summed E-state index contributed by atoms with van der Waals surface area (Å²) in [6.07, 6.45) is 0. The molecule has 0 spiro atoms. The summed E-state index contributed by atoms with van der Waals surface area (Å²) in [5.74, 6) is 0. The van der Waals surface area contributed by atoms with Crippen LogP contribution in [0.1, 0.15) is 0 Å². The first kappa shape index (κ1) is 73.5. The zero-order chi connectivity index (χ0) is 0. The van der Waals surface area contributed by atoms with Crippen molar-refractivity contribution in [3.05, 3.63) is 0 Å². The number of hydrogen-bond acceptors (Lipinski definition) is 0. The van der Waals surface area contributed by atoms with Gasteiger partial charge >= 0.3 is 23.9 Å². The molecule has 0 aromatic heterocycles. The summed E-state index contributed by atoms with van der Waals surface area (Å²) < 4.78 is 0. The largest absolute Gasteiger partial charge is 2.00 e. The second-order valence-electron chi connectivity index (χ2n) is 0. The Labute approximate surface area is 48.6 Å². The average molecular weight is 187 g/mol. The summed E-state index contributed by atoms with van der Waals surface area (Å²) >= 11 is 0. The molecule has 0 amide bonds. The van der Waals surface area contributed by atoms with E-state index in [4.69, 9.17) is 0 Å². The Hall–Kier alpha value is 1.07. The molecule has 0 aliphatic carbocycles. The van der Waals surface area contributed by atoms with E-state index in [-0.39, 0.29) is 48.4 Å². The summed E-state index contributed by atoms with van der Waals surface area (Å²) in [7, 11) is 0. The van der Waals surface area contributed by atoms with Gasteiger partial charge in [0, 0.05) is 0 Å². The fourth-order valence-electron chi connectivity index (χ4n) is 0. The van der Waals surface area contributed by atoms with Gasteiger partial charge in [0.2, 0.25) is 0 Å². The van der Waals surface area contributed by atoms with Crippen LogP contribution in [0.2, 0.25) is 0 Å². The van der Waals surface area contributed by atoms with Crippen molar-refractivity contribution in [2.75, 3.05) is 0 Å². The van der Waals surface area contributed by atoms with E-state index in [0.29, 0.717) is 0 Å². The molecule has 0 unspecified atom stereocenters. The Morgan fingerprint density at radius 2 is 0.750 bits per heavy atom. The maximum Gasteiger partial charge on any atom is 2.00 e. The molecule has 0 aliphatic heterocycles. The molecule has 0 atom stereocenters. The molecule has 0 bridgehead atoms. The zero-order valence-corrected chi connectivity index (χ0v) is 5.58. The Morgan fingerprint density at radius 3 is 0.750 bits per heavy atom. The normalized spacial score (nSPS) is 0. The quantitative estimate of drug-likeness (QED) is 0.392. The van der Waals surface area contributed by atoms with E-state index >= 15 is 0 Å². The van der Waals surface area contributed by atoms with E-state index in [0.717, 1.165) is 0 Å². The SMILES string of the molecule is O.O.[S-2].[Sn+2]. The minimum atomic E-state index is 0. The molecule has 0 rings (SSSR count). The van der Waals surface area contributed by atoms with Gasteiger partial charge in [-0.05, 0) is 0 Å². The molecule has 0 saturated heterocycles. The van der Waals surface area contributed by atoms with Crippen LogP contribution in [-0.2, 0) is 13.5 Å². The fourth-order valence-corrected chi connectivity index (χ4v) is 0. The zero-order valence-electron chi connectivity index (χ0n) is 1.91. The molecule has 0 heterocycles. The third-order valence-corrected chi connectivity index (χ3v) is 0. The Balaban J connectivity index is 0. The molecule has 4 heteroatoms. The first-order valence-electron chi connectivity index (χ1n) is 0. The van der Waals surface area contributed by atoms with Crippen molar-refractivity contribution in [1.29, 1.82) is 0 Å². The van der Waals surface area contributed by atoms with Crippen LogP contribution in [0, 0.1) is 0 Å². The van der Waals surface area contributed by atoms with Crippen LogP contribution >= 0.6 is 0 Å². The van der Waals surface area contributed by atoms with Crippen molar-refractivity contribution < 1.29 is 11.0 Å². The topological polar surface area (TPSA) is 63.0 Å². The van der Waals surface area contributed by atoms with Crippen molar-refractivity contribution in [2.24, 2.45) is 0 Å². The maximum absolute atomic E-state index is 0. The number of hydrogen-bond donors (Lipinski definition) is 0. The van der Waals surface area contributed by atoms with Gasteiger partial charge in [-0.15, -0.1) is 0 Å². The minimum absolute atomic E-state index is 0. The van der Waals surface area contributed by atoms with E-state index in [1.807, 2.05) is 0 Å². The van der Waals surface area contributed by atoms with Crippen LogP contribution in [0.5, 0.6) is 0 Å². The molecule has 0 fully saturated rings. The van der Waals surface area contributed by atoms with Gasteiger partial charge in [0.15, 0.2) is 0 Å². The van der Waals surface area contributed by atoms with E-state index in [9.17, 15) is 0 Å². The third-order valence-electron chi connectivity index (χ3n) is 0. The smallest absolute Gasteiger partial charge is 2.00 e. The monoisotopic (exact) mass is 188 g/mol. The summed E-state index contributed by atoms with van der Waals surface area (Å²) in [5, 5.41) is 0. The molecule has 0 saturated carbocycles. The second kappa shape index (κ2) is 33.5. The van der Waals surface area contributed by atoms with Crippen LogP contribution < -0.4 is 0 Å². The van der Waals surface area contributed by atoms with Gasteiger partial charge in [0.25, 0.3) is 0 Å². The summed E-state index contributed by atoms with van der Waals surface area (Å²) in [5.41, 5.74) is 0. The van der Waals surface area contributed by atoms with Crippen molar-refractivity contribution >= 4 is 37.4 Å². The molecule has 4 N–H and O–H groups in total. The standard InChI is InChI=1S/2H2O.S.Sn/h2*1H2;;/q;;-2;+2. The third kappa shape index (κ3) is 11.5. The maximum atomic E-state index is 0. The molecular formula is H4O2SSn. The molecule has 4 heavy (non-hydrogen) atoms. The Bertz CT molecular complexity index is 6.00. The van der Waals surface area contributed by atoms with Gasteiger partial charge in [-0.3, -0.25) is 0 Å². The first-order valence-corrected chi connectivity index (χ1v) is 0.